The Balaban J connectivity index is 1.89. The van der Waals surface area contributed by atoms with Crippen molar-refractivity contribution in [3.8, 4) is 0 Å². The Kier molecular flexibility index (Phi) is 4.72. The zero-order valence-corrected chi connectivity index (χ0v) is 12.7. The van der Waals surface area contributed by atoms with Gasteiger partial charge in [0.1, 0.15) is 0 Å². The number of carbonyl (C=O) groups is 1. The van der Waals surface area contributed by atoms with Gasteiger partial charge in [-0.15, -0.1) is 0 Å². The quantitative estimate of drug-likeness (QED) is 0.911. The molecule has 1 aromatic rings. The van der Waals surface area contributed by atoms with Gasteiger partial charge in [-0.05, 0) is 37.4 Å². The van der Waals surface area contributed by atoms with E-state index >= 15 is 0 Å². The molecule has 0 aromatic carbocycles. The molecule has 6 nitrogen and oxygen atoms in total. The topological polar surface area (TPSA) is 79.6 Å². The van der Waals surface area contributed by atoms with Gasteiger partial charge in [0.25, 0.3) is 5.91 Å². The zero-order chi connectivity index (χ0) is 14.8. The lowest BCUT2D eigenvalue weighted by atomic mass is 10.1. The van der Waals surface area contributed by atoms with Crippen LogP contribution in [0.15, 0.2) is 16.7 Å². The van der Waals surface area contributed by atoms with Crippen molar-refractivity contribution in [2.45, 2.75) is 25.8 Å². The van der Waals surface area contributed by atoms with Gasteiger partial charge >= 0.3 is 0 Å². The van der Waals surface area contributed by atoms with Gasteiger partial charge in [-0.2, -0.15) is 0 Å². The Labute approximate surface area is 123 Å². The van der Waals surface area contributed by atoms with Crippen LogP contribution >= 0.6 is 11.6 Å². The first-order valence-corrected chi connectivity index (χ1v) is 8.44. The molecule has 0 atom stereocenters. The second-order valence-corrected chi connectivity index (χ2v) is 7.26. The molecule has 1 aliphatic heterocycles. The average Bonchev–Trinajstić information content (AvgIpc) is 2.85. The molecule has 112 valence electrons. The molecule has 0 radical (unpaired) electrons. The Bertz CT molecular complexity index is 576. The van der Waals surface area contributed by atoms with E-state index in [1.54, 1.807) is 6.92 Å². The lowest BCUT2D eigenvalue weighted by Gasteiger charge is -2.31. The number of hydrogen-bond donors (Lipinski definition) is 1. The summed E-state index contributed by atoms with van der Waals surface area (Å²) >= 11 is 5.74. The monoisotopic (exact) mass is 320 g/mol. The molecular formula is C12H17ClN2O4S. The second kappa shape index (κ2) is 6.15. The number of nitrogens with one attached hydrogen (secondary N) is 1. The number of amides is 1. The first-order chi connectivity index (χ1) is 9.44. The zero-order valence-electron chi connectivity index (χ0n) is 11.1. The summed E-state index contributed by atoms with van der Waals surface area (Å²) in [4.78, 5) is 11.9. The van der Waals surface area contributed by atoms with Crippen molar-refractivity contribution in [3.05, 3.63) is 23.1 Å². The van der Waals surface area contributed by atoms with E-state index in [0.29, 0.717) is 31.5 Å². The third kappa shape index (κ3) is 3.34. The molecule has 0 bridgehead atoms. The van der Waals surface area contributed by atoms with Gasteiger partial charge in [0.15, 0.2) is 0 Å². The number of rotatable bonds is 4. The summed E-state index contributed by atoms with van der Waals surface area (Å²) in [6.07, 6.45) is 2.55. The minimum Gasteiger partial charge on any atom is -0.452 e. The van der Waals surface area contributed by atoms with E-state index in [1.165, 1.54) is 16.6 Å². The van der Waals surface area contributed by atoms with Crippen molar-refractivity contribution in [1.82, 2.24) is 9.62 Å². The van der Waals surface area contributed by atoms with E-state index in [9.17, 15) is 13.2 Å². The highest BCUT2D eigenvalue weighted by Crippen LogP contribution is 2.18. The molecule has 1 N–H and O–H groups in total. The highest BCUT2D eigenvalue weighted by atomic mass is 35.5. The minimum atomic E-state index is -3.14. The van der Waals surface area contributed by atoms with E-state index in [-0.39, 0.29) is 22.9 Å². The van der Waals surface area contributed by atoms with Crippen molar-refractivity contribution in [2.75, 3.05) is 18.8 Å². The van der Waals surface area contributed by atoms with Crippen LogP contribution < -0.4 is 5.32 Å². The number of piperidine rings is 1. The number of nitrogens with zero attached hydrogens (tertiary/aromatic N) is 1. The summed E-state index contributed by atoms with van der Waals surface area (Å²) < 4.78 is 29.8. The lowest BCUT2D eigenvalue weighted by Crippen LogP contribution is -2.46. The summed E-state index contributed by atoms with van der Waals surface area (Å²) in [5.41, 5.74) is 0.301. The van der Waals surface area contributed by atoms with Crippen molar-refractivity contribution in [3.63, 3.8) is 0 Å². The molecule has 20 heavy (non-hydrogen) atoms. The predicted octanol–water partition coefficient (Wildman–Crippen LogP) is 1.48. The summed E-state index contributed by atoms with van der Waals surface area (Å²) in [7, 11) is -3.14. The number of halogens is 1. The van der Waals surface area contributed by atoms with E-state index in [2.05, 4.69) is 5.32 Å². The molecule has 1 aromatic heterocycles. The fraction of sp³-hybridized carbons (Fsp3) is 0.583. The van der Waals surface area contributed by atoms with E-state index in [4.69, 9.17) is 16.0 Å². The maximum atomic E-state index is 11.9. The Morgan fingerprint density at radius 2 is 2.15 bits per heavy atom. The largest absolute Gasteiger partial charge is 0.452 e. The summed E-state index contributed by atoms with van der Waals surface area (Å²) in [6, 6.07) is 1.46. The average molecular weight is 321 g/mol. The van der Waals surface area contributed by atoms with Crippen LogP contribution in [0.4, 0.5) is 0 Å². The van der Waals surface area contributed by atoms with Gasteiger partial charge in [-0.1, -0.05) is 0 Å². The Morgan fingerprint density at radius 3 is 2.65 bits per heavy atom. The van der Waals surface area contributed by atoms with Gasteiger partial charge in [-0.3, -0.25) is 4.79 Å². The highest BCUT2D eigenvalue weighted by molar-refractivity contribution is 7.89. The van der Waals surface area contributed by atoms with Crippen LogP contribution in [0.1, 0.15) is 30.1 Å². The van der Waals surface area contributed by atoms with Crippen molar-refractivity contribution >= 4 is 27.5 Å². The van der Waals surface area contributed by atoms with Gasteiger partial charge in [0.05, 0.1) is 17.6 Å². The third-order valence-electron chi connectivity index (χ3n) is 3.41. The van der Waals surface area contributed by atoms with E-state index in [0.717, 1.165) is 0 Å². The maximum absolute atomic E-state index is 11.9. The van der Waals surface area contributed by atoms with Crippen LogP contribution in [0.2, 0.25) is 5.22 Å². The molecule has 1 saturated heterocycles. The molecular weight excluding hydrogens is 304 g/mol. The van der Waals surface area contributed by atoms with Gasteiger partial charge in [-0.25, -0.2) is 12.7 Å². The van der Waals surface area contributed by atoms with Gasteiger partial charge < -0.3 is 9.73 Å². The first-order valence-electron chi connectivity index (χ1n) is 6.45. The SMILES string of the molecule is CCS(=O)(=O)N1CCC(NC(=O)c2ccoc2Cl)CC1. The third-order valence-corrected chi connectivity index (χ3v) is 5.58. The molecule has 2 heterocycles. The number of furan rings is 1. The number of carbonyl (C=O) groups excluding carboxylic acids is 1. The van der Waals surface area contributed by atoms with E-state index in [1.807, 2.05) is 0 Å². The lowest BCUT2D eigenvalue weighted by molar-refractivity contribution is 0.0923. The second-order valence-electron chi connectivity index (χ2n) is 4.66. The van der Waals surface area contributed by atoms with Crippen molar-refractivity contribution in [1.29, 1.82) is 0 Å². The number of sulfonamides is 1. The van der Waals surface area contributed by atoms with Crippen LogP contribution in [0, 0.1) is 0 Å². The Morgan fingerprint density at radius 1 is 1.50 bits per heavy atom. The van der Waals surface area contributed by atoms with Crippen molar-refractivity contribution in [2.24, 2.45) is 0 Å². The molecule has 1 fully saturated rings. The van der Waals surface area contributed by atoms with Gasteiger partial charge in [0, 0.05) is 19.1 Å². The molecule has 0 spiro atoms. The van der Waals surface area contributed by atoms with Crippen LogP contribution in [-0.4, -0.2) is 43.5 Å². The van der Waals surface area contributed by atoms with Crippen LogP contribution in [0.25, 0.3) is 0 Å². The molecule has 0 saturated carbocycles. The number of hydrogen-bond acceptors (Lipinski definition) is 4. The van der Waals surface area contributed by atoms with Crippen molar-refractivity contribution < 1.29 is 17.6 Å². The maximum Gasteiger partial charge on any atom is 0.256 e. The summed E-state index contributed by atoms with van der Waals surface area (Å²) in [5.74, 6) is -0.185. The predicted molar refractivity (Wildman–Crippen MR) is 75.2 cm³/mol. The molecule has 0 unspecified atom stereocenters. The Hall–Kier alpha value is -1.05. The molecule has 8 heteroatoms. The normalized spacial score (nSPS) is 18.1. The summed E-state index contributed by atoms with van der Waals surface area (Å²) in [6.45, 7) is 2.49. The molecule has 1 aliphatic rings. The van der Waals surface area contributed by atoms with Crippen LogP contribution in [0.3, 0.4) is 0 Å². The first kappa shape index (κ1) is 15.3. The fourth-order valence-electron chi connectivity index (χ4n) is 2.18. The highest BCUT2D eigenvalue weighted by Gasteiger charge is 2.28. The molecule has 1 amide bonds. The minimum absolute atomic E-state index is 0.0447. The fourth-order valence-corrected chi connectivity index (χ4v) is 3.51. The van der Waals surface area contributed by atoms with Crippen LogP contribution in [-0.2, 0) is 10.0 Å². The van der Waals surface area contributed by atoms with Crippen LogP contribution in [0.5, 0.6) is 0 Å². The van der Waals surface area contributed by atoms with Gasteiger partial charge in [0.2, 0.25) is 15.2 Å². The summed E-state index contributed by atoms with van der Waals surface area (Å²) in [5, 5.41) is 2.91. The van der Waals surface area contributed by atoms with E-state index < -0.39 is 10.0 Å². The molecule has 2 rings (SSSR count). The smallest absolute Gasteiger partial charge is 0.256 e. The standard InChI is InChI=1S/C12H17ClN2O4S/c1-2-20(17,18)15-6-3-9(4-7-15)14-12(16)10-5-8-19-11(10)13/h5,8-9H,2-4,6-7H2,1H3,(H,14,16). The molecule has 0 aliphatic carbocycles.